The van der Waals surface area contributed by atoms with E-state index in [1.54, 1.807) is 62.4 Å². The molecule has 0 N–H and O–H groups in total. The molecule has 0 radical (unpaired) electrons. The molecule has 23 heavy (non-hydrogen) atoms. The Hall–Kier alpha value is -2.20. The molecule has 0 aliphatic heterocycles. The summed E-state index contributed by atoms with van der Waals surface area (Å²) in [5.74, 6) is 1.74. The summed E-state index contributed by atoms with van der Waals surface area (Å²) >= 11 is 5.83. The molecular formula is C18H19ClO4. The molecule has 2 aromatic carbocycles. The van der Waals surface area contributed by atoms with Gasteiger partial charge in [-0.25, -0.2) is 0 Å². The number of ether oxygens (including phenoxy) is 3. The minimum atomic E-state index is -0.701. The minimum absolute atomic E-state index is 0.233. The topological polar surface area (TPSA) is 44.8 Å². The van der Waals surface area contributed by atoms with Crippen molar-refractivity contribution in [3.05, 3.63) is 53.6 Å². The van der Waals surface area contributed by atoms with Gasteiger partial charge in [0, 0.05) is 5.02 Å². The molecule has 0 spiro atoms. The fraction of sp³-hybridized carbons (Fsp3) is 0.278. The van der Waals surface area contributed by atoms with Crippen molar-refractivity contribution >= 4 is 17.6 Å². The van der Waals surface area contributed by atoms with Gasteiger partial charge in [0.25, 0.3) is 0 Å². The van der Waals surface area contributed by atoms with Crippen LogP contribution in [-0.2, 0) is 9.53 Å². The summed E-state index contributed by atoms with van der Waals surface area (Å²) in [4.78, 5) is 11.6. The Kier molecular flexibility index (Phi) is 5.50. The molecule has 5 heteroatoms. The van der Waals surface area contributed by atoms with Crippen molar-refractivity contribution < 1.29 is 19.0 Å². The predicted molar refractivity (Wildman–Crippen MR) is 89.3 cm³/mol. The summed E-state index contributed by atoms with van der Waals surface area (Å²) in [5.41, 5.74) is -0.701. The van der Waals surface area contributed by atoms with Crippen LogP contribution in [0.15, 0.2) is 48.5 Å². The van der Waals surface area contributed by atoms with Gasteiger partial charge in [-0.05, 0) is 62.4 Å². The standard InChI is InChI=1S/C18H19ClO4/c1-18(2,17(20)21-3)12-22-14-8-10-16(11-9-14)23-15-6-4-13(19)5-7-15/h4-11H,12H2,1-3H3. The van der Waals surface area contributed by atoms with Gasteiger partial charge in [-0.3, -0.25) is 4.79 Å². The second kappa shape index (κ2) is 7.38. The van der Waals surface area contributed by atoms with Gasteiger partial charge >= 0.3 is 5.97 Å². The molecule has 0 unspecified atom stereocenters. The van der Waals surface area contributed by atoms with E-state index in [4.69, 9.17) is 25.8 Å². The molecule has 2 rings (SSSR count). The summed E-state index contributed by atoms with van der Waals surface area (Å²) < 4.78 is 16.1. The number of methoxy groups -OCH3 is 1. The van der Waals surface area contributed by atoms with Crippen molar-refractivity contribution in [2.45, 2.75) is 13.8 Å². The zero-order valence-corrected chi connectivity index (χ0v) is 14.1. The van der Waals surface area contributed by atoms with Crippen molar-refractivity contribution in [3.8, 4) is 17.2 Å². The van der Waals surface area contributed by atoms with Crippen LogP contribution in [0.4, 0.5) is 0 Å². The number of carbonyl (C=O) groups excluding carboxylic acids is 1. The maximum Gasteiger partial charge on any atom is 0.314 e. The van der Waals surface area contributed by atoms with Crippen LogP contribution in [-0.4, -0.2) is 19.7 Å². The van der Waals surface area contributed by atoms with Crippen molar-refractivity contribution in [2.75, 3.05) is 13.7 Å². The highest BCUT2D eigenvalue weighted by Crippen LogP contribution is 2.26. The fourth-order valence-corrected chi connectivity index (χ4v) is 1.97. The van der Waals surface area contributed by atoms with Gasteiger partial charge in [-0.2, -0.15) is 0 Å². The fourth-order valence-electron chi connectivity index (χ4n) is 1.84. The van der Waals surface area contributed by atoms with E-state index in [0.717, 1.165) is 0 Å². The Balaban J connectivity index is 1.94. The highest BCUT2D eigenvalue weighted by atomic mass is 35.5. The maximum absolute atomic E-state index is 11.6. The van der Waals surface area contributed by atoms with E-state index in [-0.39, 0.29) is 12.6 Å². The van der Waals surface area contributed by atoms with E-state index < -0.39 is 5.41 Å². The number of halogens is 1. The molecule has 0 aliphatic rings. The van der Waals surface area contributed by atoms with Gasteiger partial charge in [0.1, 0.15) is 23.9 Å². The van der Waals surface area contributed by atoms with Crippen LogP contribution >= 0.6 is 11.6 Å². The van der Waals surface area contributed by atoms with Crippen LogP contribution in [0.1, 0.15) is 13.8 Å². The van der Waals surface area contributed by atoms with Crippen LogP contribution in [0, 0.1) is 5.41 Å². The van der Waals surface area contributed by atoms with E-state index >= 15 is 0 Å². The van der Waals surface area contributed by atoms with Gasteiger partial charge in [-0.1, -0.05) is 11.6 Å². The van der Waals surface area contributed by atoms with Gasteiger partial charge in [0.2, 0.25) is 0 Å². The lowest BCUT2D eigenvalue weighted by Gasteiger charge is -2.21. The molecule has 0 saturated heterocycles. The first-order valence-corrected chi connectivity index (χ1v) is 7.53. The van der Waals surface area contributed by atoms with Crippen LogP contribution < -0.4 is 9.47 Å². The second-order valence-electron chi connectivity index (χ2n) is 5.69. The van der Waals surface area contributed by atoms with E-state index in [9.17, 15) is 4.79 Å². The number of benzene rings is 2. The minimum Gasteiger partial charge on any atom is -0.492 e. The smallest absolute Gasteiger partial charge is 0.314 e. The number of carbonyl (C=O) groups is 1. The summed E-state index contributed by atoms with van der Waals surface area (Å²) in [6, 6.07) is 14.3. The summed E-state index contributed by atoms with van der Waals surface area (Å²) in [6.07, 6.45) is 0. The third kappa shape index (κ3) is 4.89. The van der Waals surface area contributed by atoms with Gasteiger partial charge < -0.3 is 14.2 Å². The average molecular weight is 335 g/mol. The Bertz CT molecular complexity index is 648. The van der Waals surface area contributed by atoms with Crippen molar-refractivity contribution in [1.29, 1.82) is 0 Å². The lowest BCUT2D eigenvalue weighted by atomic mass is 9.95. The predicted octanol–water partition coefficient (Wildman–Crippen LogP) is 4.71. The number of rotatable bonds is 6. The summed E-state index contributed by atoms with van der Waals surface area (Å²) in [5, 5.41) is 0.661. The Morgan fingerprint density at radius 3 is 1.96 bits per heavy atom. The number of hydrogen-bond donors (Lipinski definition) is 0. The largest absolute Gasteiger partial charge is 0.492 e. The molecule has 0 bridgehead atoms. The Labute approximate surface area is 140 Å². The highest BCUT2D eigenvalue weighted by Gasteiger charge is 2.29. The monoisotopic (exact) mass is 334 g/mol. The maximum atomic E-state index is 11.6. The van der Waals surface area contributed by atoms with Crippen LogP contribution in [0.2, 0.25) is 5.02 Å². The molecular weight excluding hydrogens is 316 g/mol. The molecule has 4 nitrogen and oxygen atoms in total. The zero-order chi connectivity index (χ0) is 16.9. The Morgan fingerprint density at radius 2 is 1.43 bits per heavy atom. The van der Waals surface area contributed by atoms with E-state index in [0.29, 0.717) is 22.3 Å². The molecule has 0 atom stereocenters. The molecule has 122 valence electrons. The molecule has 0 aliphatic carbocycles. The normalized spacial score (nSPS) is 11.0. The Morgan fingerprint density at radius 1 is 0.957 bits per heavy atom. The van der Waals surface area contributed by atoms with Crippen LogP contribution in [0.3, 0.4) is 0 Å². The molecule has 0 heterocycles. The first-order chi connectivity index (χ1) is 10.9. The average Bonchev–Trinajstić information content (AvgIpc) is 2.55. The van der Waals surface area contributed by atoms with Crippen LogP contribution in [0.25, 0.3) is 0 Å². The number of hydrogen-bond acceptors (Lipinski definition) is 4. The van der Waals surface area contributed by atoms with Crippen molar-refractivity contribution in [3.63, 3.8) is 0 Å². The lowest BCUT2D eigenvalue weighted by molar-refractivity contribution is -0.152. The third-order valence-corrected chi connectivity index (χ3v) is 3.46. The first kappa shape index (κ1) is 17.2. The van der Waals surface area contributed by atoms with Gasteiger partial charge in [0.05, 0.1) is 12.5 Å². The summed E-state index contributed by atoms with van der Waals surface area (Å²) in [6.45, 7) is 3.78. The van der Waals surface area contributed by atoms with E-state index in [1.165, 1.54) is 7.11 Å². The van der Waals surface area contributed by atoms with Gasteiger partial charge in [-0.15, -0.1) is 0 Å². The summed E-state index contributed by atoms with van der Waals surface area (Å²) in [7, 11) is 1.37. The first-order valence-electron chi connectivity index (χ1n) is 7.15. The van der Waals surface area contributed by atoms with E-state index in [2.05, 4.69) is 0 Å². The zero-order valence-electron chi connectivity index (χ0n) is 13.3. The molecule has 2 aromatic rings. The molecule has 0 saturated carbocycles. The highest BCUT2D eigenvalue weighted by molar-refractivity contribution is 6.30. The quantitative estimate of drug-likeness (QED) is 0.718. The lowest BCUT2D eigenvalue weighted by Crippen LogP contribution is -2.32. The third-order valence-electron chi connectivity index (χ3n) is 3.21. The van der Waals surface area contributed by atoms with Gasteiger partial charge in [0.15, 0.2) is 0 Å². The van der Waals surface area contributed by atoms with Crippen molar-refractivity contribution in [2.24, 2.45) is 5.41 Å². The van der Waals surface area contributed by atoms with Crippen LogP contribution in [0.5, 0.6) is 17.2 Å². The second-order valence-corrected chi connectivity index (χ2v) is 6.13. The van der Waals surface area contributed by atoms with E-state index in [1.807, 2.05) is 0 Å². The number of esters is 1. The van der Waals surface area contributed by atoms with Crippen molar-refractivity contribution in [1.82, 2.24) is 0 Å². The molecule has 0 amide bonds. The SMILES string of the molecule is COC(=O)C(C)(C)COc1ccc(Oc2ccc(Cl)cc2)cc1. The molecule has 0 aromatic heterocycles. The molecule has 0 fully saturated rings.